The number of carbonyl (C=O) groups excluding carboxylic acids is 1. The van der Waals surface area contributed by atoms with E-state index in [1.807, 2.05) is 73.7 Å². The van der Waals surface area contributed by atoms with Gasteiger partial charge in [0.25, 0.3) is 0 Å². The Balaban J connectivity index is 1.64. The summed E-state index contributed by atoms with van der Waals surface area (Å²) in [6.07, 6.45) is 0. The SMILES string of the molecule is CCOc1cc(CNc2ccc(NC(C)=O)cc2)ccc1OCc1ccccc1Cl. The molecule has 0 saturated carbocycles. The fourth-order valence-corrected chi connectivity index (χ4v) is 3.09. The van der Waals surface area contributed by atoms with Crippen molar-refractivity contribution in [3.63, 3.8) is 0 Å². The van der Waals surface area contributed by atoms with Crippen molar-refractivity contribution >= 4 is 28.9 Å². The third-order valence-electron chi connectivity index (χ3n) is 4.35. The molecule has 156 valence electrons. The van der Waals surface area contributed by atoms with Crippen LogP contribution in [0.1, 0.15) is 25.0 Å². The van der Waals surface area contributed by atoms with E-state index in [9.17, 15) is 4.79 Å². The van der Waals surface area contributed by atoms with Crippen LogP contribution in [0, 0.1) is 0 Å². The maximum absolute atomic E-state index is 11.1. The lowest BCUT2D eigenvalue weighted by Crippen LogP contribution is -2.06. The van der Waals surface area contributed by atoms with E-state index in [1.54, 1.807) is 0 Å². The van der Waals surface area contributed by atoms with Gasteiger partial charge in [-0.1, -0.05) is 35.9 Å². The molecule has 0 bridgehead atoms. The Morgan fingerprint density at radius 2 is 1.67 bits per heavy atom. The van der Waals surface area contributed by atoms with Gasteiger partial charge >= 0.3 is 0 Å². The number of halogens is 1. The first kappa shape index (κ1) is 21.5. The summed E-state index contributed by atoms with van der Waals surface area (Å²) in [5, 5.41) is 6.81. The third-order valence-corrected chi connectivity index (χ3v) is 4.72. The van der Waals surface area contributed by atoms with Gasteiger partial charge in [0.15, 0.2) is 11.5 Å². The first-order valence-corrected chi connectivity index (χ1v) is 10.2. The predicted octanol–water partition coefficient (Wildman–Crippen LogP) is 5.89. The summed E-state index contributed by atoms with van der Waals surface area (Å²) >= 11 is 6.21. The van der Waals surface area contributed by atoms with Crippen LogP contribution >= 0.6 is 11.6 Å². The van der Waals surface area contributed by atoms with Gasteiger partial charge in [-0.15, -0.1) is 0 Å². The average Bonchev–Trinajstić information content (AvgIpc) is 2.73. The van der Waals surface area contributed by atoms with Gasteiger partial charge in [0.05, 0.1) is 6.61 Å². The van der Waals surface area contributed by atoms with E-state index in [4.69, 9.17) is 21.1 Å². The molecule has 6 heteroatoms. The summed E-state index contributed by atoms with van der Waals surface area (Å²) in [4.78, 5) is 11.1. The predicted molar refractivity (Wildman–Crippen MR) is 121 cm³/mol. The zero-order valence-electron chi connectivity index (χ0n) is 17.1. The van der Waals surface area contributed by atoms with E-state index in [0.29, 0.717) is 36.3 Å². The highest BCUT2D eigenvalue weighted by Gasteiger charge is 2.08. The number of nitrogens with one attached hydrogen (secondary N) is 2. The van der Waals surface area contributed by atoms with Crippen molar-refractivity contribution in [1.82, 2.24) is 0 Å². The van der Waals surface area contributed by atoms with E-state index < -0.39 is 0 Å². The Hall–Kier alpha value is -3.18. The summed E-state index contributed by atoms with van der Waals surface area (Å²) in [6.45, 7) is 4.98. The summed E-state index contributed by atoms with van der Waals surface area (Å²) in [6, 6.07) is 21.1. The molecule has 1 amide bonds. The topological polar surface area (TPSA) is 59.6 Å². The fraction of sp³-hybridized carbons (Fsp3) is 0.208. The Morgan fingerprint density at radius 3 is 2.37 bits per heavy atom. The van der Waals surface area contributed by atoms with Gasteiger partial charge in [0, 0.05) is 35.4 Å². The second-order valence-electron chi connectivity index (χ2n) is 6.71. The maximum atomic E-state index is 11.1. The second-order valence-corrected chi connectivity index (χ2v) is 7.11. The molecule has 5 nitrogen and oxygen atoms in total. The fourth-order valence-electron chi connectivity index (χ4n) is 2.90. The number of amides is 1. The van der Waals surface area contributed by atoms with Gasteiger partial charge in [-0.25, -0.2) is 0 Å². The number of hydrogen-bond donors (Lipinski definition) is 2. The Bertz CT molecular complexity index is 990. The van der Waals surface area contributed by atoms with Gasteiger partial charge in [-0.05, 0) is 55.0 Å². The van der Waals surface area contributed by atoms with Crippen molar-refractivity contribution in [2.75, 3.05) is 17.2 Å². The van der Waals surface area contributed by atoms with E-state index in [0.717, 1.165) is 22.5 Å². The number of hydrogen-bond acceptors (Lipinski definition) is 4. The summed E-state index contributed by atoms with van der Waals surface area (Å²) < 4.78 is 11.7. The van der Waals surface area contributed by atoms with Crippen LogP contribution in [-0.2, 0) is 17.9 Å². The monoisotopic (exact) mass is 424 g/mol. The molecule has 3 aromatic carbocycles. The molecule has 3 rings (SSSR count). The average molecular weight is 425 g/mol. The Labute approximate surface area is 182 Å². The van der Waals surface area contributed by atoms with Crippen molar-refractivity contribution < 1.29 is 14.3 Å². The van der Waals surface area contributed by atoms with Crippen molar-refractivity contribution in [1.29, 1.82) is 0 Å². The van der Waals surface area contributed by atoms with Crippen LogP contribution in [0.15, 0.2) is 66.7 Å². The molecule has 0 aliphatic rings. The standard InChI is InChI=1S/C24H25ClN2O3/c1-3-29-24-14-18(15-26-20-9-11-21(12-10-20)27-17(2)28)8-13-23(24)30-16-19-6-4-5-7-22(19)25/h4-14,26H,3,15-16H2,1-2H3,(H,27,28). The highest BCUT2D eigenvalue weighted by Crippen LogP contribution is 2.30. The molecule has 2 N–H and O–H groups in total. The van der Waals surface area contributed by atoms with Gasteiger partial charge < -0.3 is 20.1 Å². The molecule has 0 fully saturated rings. The number of ether oxygens (including phenoxy) is 2. The summed E-state index contributed by atoms with van der Waals surface area (Å²) in [5.41, 5.74) is 3.72. The van der Waals surface area contributed by atoms with E-state index in [1.165, 1.54) is 6.92 Å². The van der Waals surface area contributed by atoms with Crippen molar-refractivity contribution in [3.05, 3.63) is 82.9 Å². The molecule has 0 atom stereocenters. The van der Waals surface area contributed by atoms with E-state index >= 15 is 0 Å². The number of benzene rings is 3. The molecular weight excluding hydrogens is 400 g/mol. The first-order chi connectivity index (χ1) is 14.5. The zero-order chi connectivity index (χ0) is 21.3. The molecule has 0 saturated heterocycles. The molecule has 3 aromatic rings. The zero-order valence-corrected chi connectivity index (χ0v) is 17.8. The molecular formula is C24H25ClN2O3. The second kappa shape index (κ2) is 10.6. The molecule has 0 aliphatic carbocycles. The number of rotatable bonds is 9. The maximum Gasteiger partial charge on any atom is 0.221 e. The van der Waals surface area contributed by atoms with Crippen LogP contribution in [-0.4, -0.2) is 12.5 Å². The quantitative estimate of drug-likeness (QED) is 0.449. The molecule has 0 aromatic heterocycles. The van der Waals surface area contributed by atoms with Gasteiger partial charge in [-0.3, -0.25) is 4.79 Å². The largest absolute Gasteiger partial charge is 0.490 e. The molecule has 0 aliphatic heterocycles. The number of carbonyl (C=O) groups is 1. The first-order valence-electron chi connectivity index (χ1n) is 9.78. The van der Waals surface area contributed by atoms with Gasteiger partial charge in [0.1, 0.15) is 6.61 Å². The molecule has 0 heterocycles. The van der Waals surface area contributed by atoms with Crippen LogP contribution in [0.5, 0.6) is 11.5 Å². The Morgan fingerprint density at radius 1 is 0.933 bits per heavy atom. The lowest BCUT2D eigenvalue weighted by molar-refractivity contribution is -0.114. The van der Waals surface area contributed by atoms with Crippen LogP contribution in [0.2, 0.25) is 5.02 Å². The van der Waals surface area contributed by atoms with Crippen LogP contribution < -0.4 is 20.1 Å². The van der Waals surface area contributed by atoms with Crippen molar-refractivity contribution in [2.45, 2.75) is 27.0 Å². The highest BCUT2D eigenvalue weighted by atomic mass is 35.5. The summed E-state index contributed by atoms with van der Waals surface area (Å²) in [7, 11) is 0. The minimum atomic E-state index is -0.0870. The van der Waals surface area contributed by atoms with Crippen molar-refractivity contribution in [3.8, 4) is 11.5 Å². The van der Waals surface area contributed by atoms with Crippen LogP contribution in [0.3, 0.4) is 0 Å². The van der Waals surface area contributed by atoms with Gasteiger partial charge in [0.2, 0.25) is 5.91 Å². The summed E-state index contributed by atoms with van der Waals surface area (Å²) in [5.74, 6) is 1.29. The van der Waals surface area contributed by atoms with Gasteiger partial charge in [-0.2, -0.15) is 0 Å². The van der Waals surface area contributed by atoms with Crippen LogP contribution in [0.25, 0.3) is 0 Å². The minimum Gasteiger partial charge on any atom is -0.490 e. The smallest absolute Gasteiger partial charge is 0.221 e. The van der Waals surface area contributed by atoms with E-state index in [2.05, 4.69) is 10.6 Å². The third kappa shape index (κ3) is 6.16. The van der Waals surface area contributed by atoms with E-state index in [-0.39, 0.29) is 5.91 Å². The number of anilines is 2. The Kier molecular flexibility index (Phi) is 7.57. The normalized spacial score (nSPS) is 10.4. The molecule has 0 spiro atoms. The molecule has 0 unspecified atom stereocenters. The minimum absolute atomic E-state index is 0.0870. The molecule has 30 heavy (non-hydrogen) atoms. The van der Waals surface area contributed by atoms with Crippen molar-refractivity contribution in [2.24, 2.45) is 0 Å². The highest BCUT2D eigenvalue weighted by molar-refractivity contribution is 6.31. The lowest BCUT2D eigenvalue weighted by Gasteiger charge is -2.15. The lowest BCUT2D eigenvalue weighted by atomic mass is 10.2. The molecule has 0 radical (unpaired) electrons. The van der Waals surface area contributed by atoms with Crippen LogP contribution in [0.4, 0.5) is 11.4 Å².